The van der Waals surface area contributed by atoms with Gasteiger partial charge in [-0.15, -0.1) is 11.8 Å². The van der Waals surface area contributed by atoms with Crippen molar-refractivity contribution in [3.8, 4) is 11.8 Å². The molecule has 0 unspecified atom stereocenters. The van der Waals surface area contributed by atoms with Crippen LogP contribution in [0.2, 0.25) is 0 Å². The minimum Gasteiger partial charge on any atom is -0.490 e. The number of hydrogen-bond acceptors (Lipinski definition) is 8. The molecule has 0 atom stereocenters. The molecule has 2 aromatic heterocycles. The lowest BCUT2D eigenvalue weighted by Gasteiger charge is -2.09. The molecule has 3 aromatic rings. The largest absolute Gasteiger partial charge is 0.490 e. The molecule has 0 spiro atoms. The van der Waals surface area contributed by atoms with E-state index in [9.17, 15) is 4.79 Å². The van der Waals surface area contributed by atoms with Gasteiger partial charge in [-0.25, -0.2) is 9.78 Å². The number of thioether (sulfide) groups is 1. The first-order chi connectivity index (χ1) is 14.1. The number of pyridine rings is 1. The van der Waals surface area contributed by atoms with Crippen LogP contribution >= 0.6 is 11.8 Å². The molecule has 3 rings (SSSR count). The summed E-state index contributed by atoms with van der Waals surface area (Å²) in [5.74, 6) is 1.51. The number of hydrogen-bond donors (Lipinski definition) is 0. The van der Waals surface area contributed by atoms with E-state index in [1.807, 2.05) is 19.9 Å². The number of rotatable bonds is 8. The molecular weight excluding hydrogens is 390 g/mol. The van der Waals surface area contributed by atoms with Crippen molar-refractivity contribution in [1.29, 1.82) is 5.26 Å². The Labute approximate surface area is 172 Å². The Hall–Kier alpha value is -3.31. The molecule has 2 heterocycles. The van der Waals surface area contributed by atoms with Gasteiger partial charge in [0.1, 0.15) is 29.7 Å². The van der Waals surface area contributed by atoms with Gasteiger partial charge in [-0.1, -0.05) is 5.16 Å². The summed E-state index contributed by atoms with van der Waals surface area (Å²) in [6, 6.07) is 12.2. The first-order valence-corrected chi connectivity index (χ1v) is 9.86. The van der Waals surface area contributed by atoms with Crippen LogP contribution in [0, 0.1) is 25.2 Å². The summed E-state index contributed by atoms with van der Waals surface area (Å²) in [6.45, 7) is 4.05. The standard InChI is InChI=1S/C21H19N3O4S/c1-14-19(15(2)28-24-14)13-29-20-18(4-3-9-23-20)21(25)27-11-10-26-17-7-5-16(12-22)6-8-17/h3-9H,10-11,13H2,1-2H3. The second-order valence-electron chi connectivity index (χ2n) is 6.07. The molecule has 8 heteroatoms. The van der Waals surface area contributed by atoms with E-state index in [1.165, 1.54) is 11.8 Å². The Morgan fingerprint density at radius 3 is 2.69 bits per heavy atom. The van der Waals surface area contributed by atoms with Gasteiger partial charge < -0.3 is 14.0 Å². The maximum atomic E-state index is 12.5. The molecule has 7 nitrogen and oxygen atoms in total. The highest BCUT2D eigenvalue weighted by Crippen LogP contribution is 2.27. The molecule has 0 aliphatic heterocycles. The summed E-state index contributed by atoms with van der Waals surface area (Å²) in [7, 11) is 0. The minimum absolute atomic E-state index is 0.0989. The van der Waals surface area contributed by atoms with Crippen molar-refractivity contribution in [3.63, 3.8) is 0 Å². The number of aromatic nitrogens is 2. The summed E-state index contributed by atoms with van der Waals surface area (Å²) in [5, 5.41) is 13.3. The fourth-order valence-electron chi connectivity index (χ4n) is 2.51. The molecule has 0 amide bonds. The number of nitrogens with zero attached hydrogens (tertiary/aromatic N) is 3. The Balaban J connectivity index is 1.53. The van der Waals surface area contributed by atoms with Crippen molar-refractivity contribution in [1.82, 2.24) is 10.1 Å². The van der Waals surface area contributed by atoms with Gasteiger partial charge in [-0.3, -0.25) is 0 Å². The predicted octanol–water partition coefficient (Wildman–Crippen LogP) is 4.09. The van der Waals surface area contributed by atoms with Crippen LogP contribution in [0.1, 0.15) is 32.9 Å². The zero-order valence-electron chi connectivity index (χ0n) is 16.0. The van der Waals surface area contributed by atoms with Crippen LogP contribution in [0.4, 0.5) is 0 Å². The van der Waals surface area contributed by atoms with Crippen LogP contribution in [0.25, 0.3) is 0 Å². The van der Waals surface area contributed by atoms with E-state index in [0.717, 1.165) is 17.0 Å². The highest BCUT2D eigenvalue weighted by molar-refractivity contribution is 7.98. The summed E-state index contributed by atoms with van der Waals surface area (Å²) in [4.78, 5) is 16.8. The fourth-order valence-corrected chi connectivity index (χ4v) is 3.64. The SMILES string of the molecule is Cc1noc(C)c1CSc1ncccc1C(=O)OCCOc1ccc(C#N)cc1. The van der Waals surface area contributed by atoms with E-state index in [2.05, 4.69) is 10.1 Å². The van der Waals surface area contributed by atoms with E-state index in [-0.39, 0.29) is 13.2 Å². The van der Waals surface area contributed by atoms with Crippen molar-refractivity contribution in [2.45, 2.75) is 24.6 Å². The van der Waals surface area contributed by atoms with Gasteiger partial charge in [0, 0.05) is 17.5 Å². The van der Waals surface area contributed by atoms with Crippen molar-refractivity contribution in [2.75, 3.05) is 13.2 Å². The molecule has 0 aliphatic rings. The van der Waals surface area contributed by atoms with Gasteiger partial charge in [0.15, 0.2) is 0 Å². The Kier molecular flexibility index (Phi) is 6.87. The number of esters is 1. The lowest BCUT2D eigenvalue weighted by molar-refractivity contribution is 0.0445. The van der Waals surface area contributed by atoms with Crippen molar-refractivity contribution < 1.29 is 18.8 Å². The Morgan fingerprint density at radius 1 is 1.21 bits per heavy atom. The topological polar surface area (TPSA) is 98.2 Å². The van der Waals surface area contributed by atoms with Gasteiger partial charge in [0.05, 0.1) is 22.9 Å². The minimum atomic E-state index is -0.456. The summed E-state index contributed by atoms with van der Waals surface area (Å²) in [5.41, 5.74) is 2.79. The summed E-state index contributed by atoms with van der Waals surface area (Å²) < 4.78 is 16.0. The molecule has 0 N–H and O–H groups in total. The monoisotopic (exact) mass is 409 g/mol. The molecule has 0 saturated heterocycles. The normalized spacial score (nSPS) is 10.4. The van der Waals surface area contributed by atoms with Gasteiger partial charge in [0.2, 0.25) is 0 Å². The third-order valence-corrected chi connectivity index (χ3v) is 5.13. The van der Waals surface area contributed by atoms with E-state index >= 15 is 0 Å². The number of benzene rings is 1. The number of carbonyl (C=O) groups excluding carboxylic acids is 1. The maximum absolute atomic E-state index is 12.5. The lowest BCUT2D eigenvalue weighted by atomic mass is 10.2. The average molecular weight is 409 g/mol. The summed E-state index contributed by atoms with van der Waals surface area (Å²) >= 11 is 1.43. The average Bonchev–Trinajstić information content (AvgIpc) is 3.07. The van der Waals surface area contributed by atoms with E-state index in [1.54, 1.807) is 42.6 Å². The van der Waals surface area contributed by atoms with Crippen LogP contribution < -0.4 is 4.74 Å². The highest BCUT2D eigenvalue weighted by atomic mass is 32.2. The van der Waals surface area contributed by atoms with E-state index in [0.29, 0.717) is 27.7 Å². The highest BCUT2D eigenvalue weighted by Gasteiger charge is 2.16. The molecule has 0 radical (unpaired) electrons. The number of ether oxygens (including phenoxy) is 2. The number of aryl methyl sites for hydroxylation is 2. The Bertz CT molecular complexity index is 1010. The van der Waals surface area contributed by atoms with Gasteiger partial charge in [-0.2, -0.15) is 5.26 Å². The second kappa shape index (κ2) is 9.75. The van der Waals surface area contributed by atoms with Gasteiger partial charge >= 0.3 is 5.97 Å². The predicted molar refractivity (Wildman–Crippen MR) is 107 cm³/mol. The molecule has 0 aliphatic carbocycles. The van der Waals surface area contributed by atoms with E-state index in [4.69, 9.17) is 19.3 Å². The molecular formula is C21H19N3O4S. The zero-order valence-corrected chi connectivity index (χ0v) is 16.9. The molecule has 29 heavy (non-hydrogen) atoms. The van der Waals surface area contributed by atoms with Crippen LogP contribution in [0.15, 0.2) is 52.1 Å². The third kappa shape index (κ3) is 5.36. The fraction of sp³-hybridized carbons (Fsp3) is 0.238. The number of carbonyl (C=O) groups is 1. The van der Waals surface area contributed by atoms with Crippen LogP contribution in [-0.4, -0.2) is 29.3 Å². The molecule has 148 valence electrons. The smallest absolute Gasteiger partial charge is 0.341 e. The van der Waals surface area contributed by atoms with E-state index < -0.39 is 5.97 Å². The molecule has 0 bridgehead atoms. The maximum Gasteiger partial charge on any atom is 0.341 e. The molecule has 0 fully saturated rings. The van der Waals surface area contributed by atoms with Crippen molar-refractivity contribution in [2.24, 2.45) is 0 Å². The first kappa shape index (κ1) is 20.4. The van der Waals surface area contributed by atoms with Crippen LogP contribution in [0.3, 0.4) is 0 Å². The van der Waals surface area contributed by atoms with Crippen LogP contribution in [0.5, 0.6) is 5.75 Å². The Morgan fingerprint density at radius 2 is 2.00 bits per heavy atom. The quantitative estimate of drug-likeness (QED) is 0.312. The van der Waals surface area contributed by atoms with Crippen molar-refractivity contribution >= 4 is 17.7 Å². The van der Waals surface area contributed by atoms with Gasteiger partial charge in [-0.05, 0) is 50.2 Å². The molecule has 0 saturated carbocycles. The van der Waals surface area contributed by atoms with Crippen molar-refractivity contribution in [3.05, 3.63) is 70.7 Å². The van der Waals surface area contributed by atoms with Gasteiger partial charge in [0.25, 0.3) is 0 Å². The third-order valence-electron chi connectivity index (χ3n) is 4.09. The zero-order chi connectivity index (χ0) is 20.6. The number of nitriles is 1. The van der Waals surface area contributed by atoms with Crippen LogP contribution in [-0.2, 0) is 10.5 Å². The first-order valence-electron chi connectivity index (χ1n) is 8.88. The lowest BCUT2D eigenvalue weighted by Crippen LogP contribution is -2.13. The summed E-state index contributed by atoms with van der Waals surface area (Å²) in [6.07, 6.45) is 1.64. The molecule has 1 aromatic carbocycles. The second-order valence-corrected chi connectivity index (χ2v) is 7.03.